The third kappa shape index (κ3) is 47.9. The minimum absolute atomic E-state index is 0.0634. The van der Waals surface area contributed by atoms with E-state index in [-0.39, 0.29) is 31.1 Å². The minimum atomic E-state index is -0.762. The average Bonchev–Trinajstić information content (AvgIpc) is 3.26. The molecule has 0 aromatic heterocycles. The number of ether oxygens (including phenoxy) is 3. The summed E-state index contributed by atoms with van der Waals surface area (Å²) in [6, 6.07) is 0. The second kappa shape index (κ2) is 48.9. The van der Waals surface area contributed by atoms with E-state index in [0.29, 0.717) is 19.3 Å². The maximum atomic E-state index is 12.8. The highest BCUT2D eigenvalue weighted by Gasteiger charge is 2.19. The summed E-state index contributed by atoms with van der Waals surface area (Å²) in [4.78, 5) is 38.0. The van der Waals surface area contributed by atoms with Crippen molar-refractivity contribution in [2.45, 2.75) is 317 Å². The van der Waals surface area contributed by atoms with Crippen LogP contribution < -0.4 is 0 Å². The molecule has 0 bridgehead atoms. The fraction of sp³-hybridized carbons (Fsp3) is 0.946. The van der Waals surface area contributed by atoms with Crippen LogP contribution in [0.4, 0.5) is 0 Å². The van der Waals surface area contributed by atoms with Crippen molar-refractivity contribution in [2.24, 2.45) is 11.8 Å². The zero-order valence-corrected chi connectivity index (χ0v) is 42.5. The second-order valence-corrected chi connectivity index (χ2v) is 19.9. The molecule has 6 heteroatoms. The Morgan fingerprint density at radius 3 is 0.919 bits per heavy atom. The van der Waals surface area contributed by atoms with Gasteiger partial charge >= 0.3 is 17.9 Å². The van der Waals surface area contributed by atoms with E-state index in [0.717, 1.165) is 69.6 Å². The molecule has 368 valence electrons. The lowest BCUT2D eigenvalue weighted by molar-refractivity contribution is -0.167. The molecule has 0 aliphatic rings. The highest BCUT2D eigenvalue weighted by atomic mass is 16.6. The van der Waals surface area contributed by atoms with Crippen molar-refractivity contribution in [3.05, 3.63) is 0 Å². The molecule has 0 aromatic carbocycles. The lowest BCUT2D eigenvalue weighted by atomic mass is 9.99. The quantitative estimate of drug-likeness (QED) is 0.0344. The van der Waals surface area contributed by atoms with Crippen LogP contribution in [-0.2, 0) is 28.6 Å². The SMILES string of the molecule is CCCCCCCCCCCCCCCCCC(=O)OC[C@@H](COC(=O)CCCCCCCCCCCCCCCCC(C)C)OC(=O)CCCCCCCCCCC(C)CC. The molecule has 0 rings (SSSR count). The fourth-order valence-electron chi connectivity index (χ4n) is 8.49. The van der Waals surface area contributed by atoms with Gasteiger partial charge in [0.15, 0.2) is 6.10 Å². The van der Waals surface area contributed by atoms with E-state index < -0.39 is 6.10 Å². The molecule has 0 saturated heterocycles. The molecule has 0 aromatic rings. The summed E-state index contributed by atoms with van der Waals surface area (Å²) in [5.41, 5.74) is 0. The summed E-state index contributed by atoms with van der Waals surface area (Å²) >= 11 is 0. The van der Waals surface area contributed by atoms with Crippen LogP contribution in [0.3, 0.4) is 0 Å². The van der Waals surface area contributed by atoms with Crippen LogP contribution in [0.25, 0.3) is 0 Å². The molecule has 0 aliphatic heterocycles. The van der Waals surface area contributed by atoms with Crippen molar-refractivity contribution in [1.29, 1.82) is 0 Å². The van der Waals surface area contributed by atoms with Crippen LogP contribution in [0.5, 0.6) is 0 Å². The molecular weight excluding hydrogens is 769 g/mol. The maximum Gasteiger partial charge on any atom is 0.306 e. The summed E-state index contributed by atoms with van der Waals surface area (Å²) < 4.78 is 16.9. The zero-order chi connectivity index (χ0) is 45.4. The normalized spacial score (nSPS) is 12.5. The summed E-state index contributed by atoms with van der Waals surface area (Å²) in [5.74, 6) is 0.845. The molecule has 0 N–H and O–H groups in total. The molecule has 0 radical (unpaired) electrons. The van der Waals surface area contributed by atoms with Gasteiger partial charge in [0, 0.05) is 19.3 Å². The van der Waals surface area contributed by atoms with Gasteiger partial charge in [0.05, 0.1) is 0 Å². The Kier molecular flexibility index (Phi) is 47.6. The molecule has 0 spiro atoms. The van der Waals surface area contributed by atoms with Crippen LogP contribution in [0.15, 0.2) is 0 Å². The highest BCUT2D eigenvalue weighted by molar-refractivity contribution is 5.71. The van der Waals surface area contributed by atoms with Crippen LogP contribution in [0.2, 0.25) is 0 Å². The number of esters is 3. The number of hydrogen-bond donors (Lipinski definition) is 0. The van der Waals surface area contributed by atoms with Crippen LogP contribution in [-0.4, -0.2) is 37.2 Å². The van der Waals surface area contributed by atoms with Gasteiger partial charge in [0.1, 0.15) is 13.2 Å². The number of hydrogen-bond acceptors (Lipinski definition) is 6. The van der Waals surface area contributed by atoms with Gasteiger partial charge in [0.25, 0.3) is 0 Å². The molecule has 0 fully saturated rings. The number of rotatable bonds is 50. The Bertz CT molecular complexity index is 949. The van der Waals surface area contributed by atoms with Crippen molar-refractivity contribution in [3.8, 4) is 0 Å². The largest absolute Gasteiger partial charge is 0.462 e. The van der Waals surface area contributed by atoms with Crippen molar-refractivity contribution in [1.82, 2.24) is 0 Å². The lowest BCUT2D eigenvalue weighted by Gasteiger charge is -2.18. The van der Waals surface area contributed by atoms with E-state index in [1.54, 1.807) is 0 Å². The summed E-state index contributed by atoms with van der Waals surface area (Å²) in [5, 5.41) is 0. The van der Waals surface area contributed by atoms with Gasteiger partial charge in [-0.1, -0.05) is 272 Å². The number of carbonyl (C=O) groups is 3. The first-order valence-corrected chi connectivity index (χ1v) is 27.8. The van der Waals surface area contributed by atoms with Gasteiger partial charge < -0.3 is 14.2 Å². The van der Waals surface area contributed by atoms with Gasteiger partial charge in [-0.3, -0.25) is 14.4 Å². The minimum Gasteiger partial charge on any atom is -0.462 e. The zero-order valence-electron chi connectivity index (χ0n) is 42.5. The lowest BCUT2D eigenvalue weighted by Crippen LogP contribution is -2.30. The molecule has 0 amide bonds. The molecule has 1 unspecified atom stereocenters. The molecule has 0 saturated carbocycles. The summed E-state index contributed by atoms with van der Waals surface area (Å²) in [6.07, 6.45) is 50.8. The van der Waals surface area contributed by atoms with Crippen molar-refractivity contribution >= 4 is 17.9 Å². The molecule has 0 aliphatic carbocycles. The number of unbranched alkanes of at least 4 members (excludes halogenated alkanes) is 34. The fourth-order valence-corrected chi connectivity index (χ4v) is 8.49. The monoisotopic (exact) mass is 877 g/mol. The first-order valence-electron chi connectivity index (χ1n) is 27.8. The Balaban J connectivity index is 4.29. The van der Waals surface area contributed by atoms with Gasteiger partial charge in [-0.05, 0) is 31.1 Å². The van der Waals surface area contributed by atoms with Crippen LogP contribution in [0, 0.1) is 11.8 Å². The Labute approximate surface area is 387 Å². The van der Waals surface area contributed by atoms with E-state index in [2.05, 4.69) is 34.6 Å². The van der Waals surface area contributed by atoms with Crippen molar-refractivity contribution < 1.29 is 28.6 Å². The molecule has 2 atom stereocenters. The Morgan fingerprint density at radius 1 is 0.339 bits per heavy atom. The maximum absolute atomic E-state index is 12.8. The van der Waals surface area contributed by atoms with E-state index in [1.807, 2.05) is 0 Å². The van der Waals surface area contributed by atoms with Crippen LogP contribution >= 0.6 is 0 Å². The van der Waals surface area contributed by atoms with E-state index in [1.165, 1.54) is 199 Å². The molecule has 6 nitrogen and oxygen atoms in total. The van der Waals surface area contributed by atoms with E-state index in [4.69, 9.17) is 14.2 Å². The highest BCUT2D eigenvalue weighted by Crippen LogP contribution is 2.18. The first-order chi connectivity index (χ1) is 30.3. The Hall–Kier alpha value is -1.59. The molecule has 62 heavy (non-hydrogen) atoms. The average molecular weight is 877 g/mol. The topological polar surface area (TPSA) is 78.9 Å². The van der Waals surface area contributed by atoms with Gasteiger partial charge in [-0.2, -0.15) is 0 Å². The van der Waals surface area contributed by atoms with E-state index >= 15 is 0 Å². The van der Waals surface area contributed by atoms with Gasteiger partial charge in [-0.15, -0.1) is 0 Å². The smallest absolute Gasteiger partial charge is 0.306 e. The first kappa shape index (κ1) is 60.4. The molecular formula is C56H108O6. The second-order valence-electron chi connectivity index (χ2n) is 19.9. The summed E-state index contributed by atoms with van der Waals surface area (Å²) in [7, 11) is 0. The van der Waals surface area contributed by atoms with Crippen molar-refractivity contribution in [3.63, 3.8) is 0 Å². The predicted molar refractivity (Wildman–Crippen MR) is 266 cm³/mol. The van der Waals surface area contributed by atoms with Gasteiger partial charge in [-0.25, -0.2) is 0 Å². The predicted octanol–water partition coefficient (Wildman–Crippen LogP) is 18.1. The van der Waals surface area contributed by atoms with Crippen molar-refractivity contribution in [2.75, 3.05) is 13.2 Å². The summed E-state index contributed by atoms with van der Waals surface area (Å²) in [6.45, 7) is 11.4. The van der Waals surface area contributed by atoms with Gasteiger partial charge in [0.2, 0.25) is 0 Å². The third-order valence-electron chi connectivity index (χ3n) is 13.1. The molecule has 0 heterocycles. The Morgan fingerprint density at radius 2 is 0.613 bits per heavy atom. The van der Waals surface area contributed by atoms with Crippen LogP contribution in [0.1, 0.15) is 311 Å². The standard InChI is InChI=1S/C56H108O6/c1-6-8-9-10-11-12-13-14-15-19-22-25-31-36-41-46-54(57)60-49-53(62-56(59)48-43-38-33-28-27-30-35-40-45-52(5)7-2)50-61-55(58)47-42-37-32-26-23-20-17-16-18-21-24-29-34-39-44-51(3)4/h51-53H,6-50H2,1-5H3/t52?,53-/m0/s1. The number of carbonyl (C=O) groups excluding carboxylic acids is 3. The van der Waals surface area contributed by atoms with E-state index in [9.17, 15) is 14.4 Å². The third-order valence-corrected chi connectivity index (χ3v) is 13.1.